The number of primary amides is 1. The largest absolute Gasteiger partial charge is 0.512 e. The molecule has 0 heterocycles. The van der Waals surface area contributed by atoms with Gasteiger partial charge in [0.05, 0.1) is 29.6 Å². The zero-order valence-corrected chi connectivity index (χ0v) is 22.6. The monoisotopic (exact) mass is 549 g/mol. The van der Waals surface area contributed by atoms with Crippen molar-refractivity contribution in [3.8, 4) is 17.2 Å². The topological polar surface area (TPSA) is 188 Å². The number of phenolic OH excluding ortho intramolecular Hbond substituents is 2. The molecule has 4 atom stereocenters. The number of aliphatic hydroxyl groups excluding tert-OH is 2. The lowest BCUT2D eigenvalue weighted by atomic mass is 9.54. The van der Waals surface area contributed by atoms with Gasteiger partial charge in [0.25, 0.3) is 5.91 Å². The highest BCUT2D eigenvalue weighted by Gasteiger charge is 2.64. The Labute approximate surface area is 229 Å². The van der Waals surface area contributed by atoms with Gasteiger partial charge in [0.2, 0.25) is 5.78 Å². The Morgan fingerprint density at radius 2 is 1.80 bits per heavy atom. The van der Waals surface area contributed by atoms with Crippen molar-refractivity contribution in [1.29, 1.82) is 0 Å². The van der Waals surface area contributed by atoms with Gasteiger partial charge >= 0.3 is 0 Å². The summed E-state index contributed by atoms with van der Waals surface area (Å²) in [6.45, 7) is 6.21. The van der Waals surface area contributed by atoms with E-state index in [1.165, 1.54) is 13.2 Å². The normalized spacial score (nSPS) is 30.4. The predicted octanol–water partition coefficient (Wildman–Crippen LogP) is 2.61. The van der Waals surface area contributed by atoms with Gasteiger partial charge in [0, 0.05) is 34.4 Å². The number of rotatable bonds is 2. The summed E-state index contributed by atoms with van der Waals surface area (Å²) < 4.78 is 5.75. The second-order valence-corrected chi connectivity index (χ2v) is 12.1. The number of aliphatic hydroxyl groups is 3. The van der Waals surface area contributed by atoms with E-state index in [-0.39, 0.29) is 22.8 Å². The number of ether oxygens (including phenoxy) is 1. The molecule has 210 valence electrons. The van der Waals surface area contributed by atoms with E-state index in [0.717, 1.165) is 18.4 Å². The number of benzene rings is 2. The number of carbonyl (C=O) groups excluding carboxylic acids is 3. The molecule has 0 fully saturated rings. The SMILES string of the molecule is COc1cc(O)c2c(O)c3c(c4c2c1[C@@]1(C4)C(C)=CCCC1(C)C)C(=O)[C@H]1CC(O)=C(C(N)=O)[C@@H](O)[C@@]1(O)C3=O. The first-order chi connectivity index (χ1) is 18.7. The molecule has 0 aliphatic heterocycles. The Morgan fingerprint density at radius 3 is 2.40 bits per heavy atom. The maximum Gasteiger partial charge on any atom is 0.250 e. The van der Waals surface area contributed by atoms with Crippen molar-refractivity contribution in [1.82, 2.24) is 0 Å². The Kier molecular flexibility index (Phi) is 5.17. The minimum Gasteiger partial charge on any atom is -0.512 e. The first-order valence-electron chi connectivity index (χ1n) is 13.2. The van der Waals surface area contributed by atoms with Gasteiger partial charge in [-0.1, -0.05) is 25.5 Å². The van der Waals surface area contributed by atoms with Crippen LogP contribution in [-0.2, 0) is 16.6 Å². The molecule has 40 heavy (non-hydrogen) atoms. The molecule has 0 unspecified atom stereocenters. The van der Waals surface area contributed by atoms with E-state index in [2.05, 4.69) is 19.9 Å². The molecule has 10 nitrogen and oxygen atoms in total. The van der Waals surface area contributed by atoms with Crippen molar-refractivity contribution in [3.63, 3.8) is 0 Å². The predicted molar refractivity (Wildman–Crippen MR) is 143 cm³/mol. The molecule has 4 aliphatic rings. The van der Waals surface area contributed by atoms with Crippen molar-refractivity contribution < 1.29 is 44.7 Å². The molecule has 7 N–H and O–H groups in total. The number of Topliss-reactive ketones (excluding diaryl/α,β-unsaturated/α-hetero) is 2. The number of ketones is 2. The van der Waals surface area contributed by atoms with E-state index in [9.17, 15) is 39.9 Å². The van der Waals surface area contributed by atoms with Crippen LogP contribution in [0.2, 0.25) is 0 Å². The van der Waals surface area contributed by atoms with Crippen LogP contribution in [0.25, 0.3) is 10.8 Å². The molecule has 2 aromatic rings. The smallest absolute Gasteiger partial charge is 0.250 e. The van der Waals surface area contributed by atoms with E-state index in [1.807, 2.05) is 6.92 Å². The molecule has 0 radical (unpaired) electrons. The second-order valence-electron chi connectivity index (χ2n) is 12.1. The van der Waals surface area contributed by atoms with E-state index in [4.69, 9.17) is 10.5 Å². The van der Waals surface area contributed by atoms with Crippen molar-refractivity contribution in [2.45, 2.75) is 63.6 Å². The number of hydrogen-bond acceptors (Lipinski definition) is 9. The number of amides is 1. The summed E-state index contributed by atoms with van der Waals surface area (Å²) in [5.74, 6) is -6.32. The van der Waals surface area contributed by atoms with E-state index in [0.29, 0.717) is 22.3 Å². The molecule has 1 amide bonds. The Bertz CT molecular complexity index is 1670. The van der Waals surface area contributed by atoms with Crippen molar-refractivity contribution in [2.75, 3.05) is 7.11 Å². The zero-order valence-electron chi connectivity index (χ0n) is 22.6. The maximum atomic E-state index is 14.2. The molecule has 0 aromatic heterocycles. The van der Waals surface area contributed by atoms with E-state index < -0.39 is 75.3 Å². The van der Waals surface area contributed by atoms with Gasteiger partial charge in [-0.25, -0.2) is 0 Å². The third kappa shape index (κ3) is 2.73. The molecule has 0 bridgehead atoms. The van der Waals surface area contributed by atoms with Gasteiger partial charge in [-0.2, -0.15) is 0 Å². The van der Waals surface area contributed by atoms with Gasteiger partial charge in [0.1, 0.15) is 29.1 Å². The fraction of sp³-hybridized carbons (Fsp3) is 0.433. The summed E-state index contributed by atoms with van der Waals surface area (Å²) >= 11 is 0. The highest BCUT2D eigenvalue weighted by Crippen LogP contribution is 2.65. The van der Waals surface area contributed by atoms with Crippen LogP contribution in [0.3, 0.4) is 0 Å². The summed E-state index contributed by atoms with van der Waals surface area (Å²) in [7, 11) is 1.47. The fourth-order valence-electron chi connectivity index (χ4n) is 8.05. The third-order valence-corrected chi connectivity index (χ3v) is 10.1. The van der Waals surface area contributed by atoms with Crippen molar-refractivity contribution in [2.24, 2.45) is 17.1 Å². The van der Waals surface area contributed by atoms with Gasteiger partial charge in [0.15, 0.2) is 11.4 Å². The maximum absolute atomic E-state index is 14.2. The molecule has 1 spiro atoms. The standard InChI is InChI=1S/C30H31NO9/c1-11-6-5-7-28(2,3)29(11)10-12-17-19(15(33)9-16(40-4)22(17)29)24(35)21-18(12)23(34)13-8-14(32)20(27(31)38)25(36)30(13,39)26(21)37/h6,9,13,25,32-33,35-36,39H,5,7-8,10H2,1-4H3,(H2,31,38)/t13-,25-,29-,30-/m1/s1. The Morgan fingerprint density at radius 1 is 1.12 bits per heavy atom. The number of fused-ring (bicyclic) bond motifs is 4. The summed E-state index contributed by atoms with van der Waals surface area (Å²) in [6, 6.07) is 1.37. The van der Waals surface area contributed by atoms with Gasteiger partial charge in [-0.05, 0) is 37.2 Å². The van der Waals surface area contributed by atoms with Crippen molar-refractivity contribution >= 4 is 28.2 Å². The van der Waals surface area contributed by atoms with Crippen LogP contribution < -0.4 is 10.5 Å². The highest BCUT2D eigenvalue weighted by atomic mass is 16.5. The van der Waals surface area contributed by atoms with Gasteiger partial charge in [-0.3, -0.25) is 14.4 Å². The lowest BCUT2D eigenvalue weighted by Crippen LogP contribution is -2.64. The molecule has 6 rings (SSSR count). The van der Waals surface area contributed by atoms with Crippen LogP contribution in [0.15, 0.2) is 29.0 Å². The molecule has 10 heteroatoms. The van der Waals surface area contributed by atoms with E-state index >= 15 is 0 Å². The summed E-state index contributed by atoms with van der Waals surface area (Å²) in [4.78, 5) is 40.3. The average molecular weight is 550 g/mol. The van der Waals surface area contributed by atoms with Crippen molar-refractivity contribution in [3.05, 3.63) is 51.3 Å². The minimum absolute atomic E-state index is 0.0717. The first kappa shape index (κ1) is 26.3. The van der Waals surface area contributed by atoms with E-state index in [1.54, 1.807) is 0 Å². The number of carbonyl (C=O) groups is 3. The number of hydrogen-bond donors (Lipinski definition) is 6. The van der Waals surface area contributed by atoms with Crippen LogP contribution in [-0.4, -0.2) is 61.8 Å². The quantitative estimate of drug-likeness (QED) is 0.306. The zero-order chi connectivity index (χ0) is 29.3. The number of methoxy groups -OCH3 is 1. The number of phenols is 2. The molecular formula is C30H31NO9. The highest BCUT2D eigenvalue weighted by molar-refractivity contribution is 6.26. The molecule has 4 aliphatic carbocycles. The molecular weight excluding hydrogens is 518 g/mol. The summed E-state index contributed by atoms with van der Waals surface area (Å²) in [5, 5.41) is 56.1. The Balaban J connectivity index is 1.75. The Hall–Kier alpha value is -3.89. The second kappa shape index (κ2) is 7.86. The summed E-state index contributed by atoms with van der Waals surface area (Å²) in [6.07, 6.45) is 1.08. The van der Waals surface area contributed by atoms with Gasteiger partial charge < -0.3 is 36.0 Å². The number of nitrogens with two attached hydrogens (primary N) is 1. The molecule has 0 saturated carbocycles. The van der Waals surface area contributed by atoms with Crippen LogP contribution in [0.4, 0.5) is 0 Å². The molecule has 0 saturated heterocycles. The average Bonchev–Trinajstić information content (AvgIpc) is 3.23. The number of aromatic hydroxyl groups is 2. The van der Waals surface area contributed by atoms with Crippen LogP contribution in [0, 0.1) is 11.3 Å². The number of allylic oxidation sites excluding steroid dienone is 3. The van der Waals surface area contributed by atoms with Crippen LogP contribution in [0.5, 0.6) is 17.2 Å². The third-order valence-electron chi connectivity index (χ3n) is 10.1. The minimum atomic E-state index is -2.88. The lowest BCUT2D eigenvalue weighted by molar-refractivity contribution is -0.120. The molecule has 2 aromatic carbocycles. The fourth-order valence-corrected chi connectivity index (χ4v) is 8.05. The van der Waals surface area contributed by atoms with Gasteiger partial charge in [-0.15, -0.1) is 0 Å². The first-order valence-corrected chi connectivity index (χ1v) is 13.2. The van der Waals surface area contributed by atoms with Crippen LogP contribution >= 0.6 is 0 Å². The summed E-state index contributed by atoms with van der Waals surface area (Å²) in [5.41, 5.74) is 2.02. The van der Waals surface area contributed by atoms with Crippen LogP contribution in [0.1, 0.15) is 71.9 Å². The lowest BCUT2D eigenvalue weighted by Gasteiger charge is -2.49.